The van der Waals surface area contributed by atoms with E-state index in [0.717, 1.165) is 10.8 Å². The highest BCUT2D eigenvalue weighted by molar-refractivity contribution is 6.35. The molecule has 0 spiro atoms. The van der Waals surface area contributed by atoms with Crippen molar-refractivity contribution < 1.29 is 14.3 Å². The molecule has 104 valence electrons. The Morgan fingerprint density at radius 3 is 2.50 bits per heavy atom. The Morgan fingerprint density at radius 1 is 1.20 bits per heavy atom. The van der Waals surface area contributed by atoms with Gasteiger partial charge in [0.05, 0.1) is 0 Å². The van der Waals surface area contributed by atoms with Crippen LogP contribution in [0.2, 0.25) is 5.02 Å². The maximum atomic E-state index is 11.6. The van der Waals surface area contributed by atoms with Crippen molar-refractivity contribution in [3.05, 3.63) is 41.4 Å². The molecule has 0 unspecified atom stereocenters. The number of nitrogens with two attached hydrogens (primary N) is 1. The molecule has 0 aromatic heterocycles. The van der Waals surface area contributed by atoms with Crippen LogP contribution in [0.4, 0.5) is 4.79 Å². The van der Waals surface area contributed by atoms with Gasteiger partial charge < -0.3 is 10.5 Å². The van der Waals surface area contributed by atoms with Gasteiger partial charge in [-0.3, -0.25) is 10.1 Å². The molecule has 0 aliphatic heterocycles. The van der Waals surface area contributed by atoms with E-state index in [1.54, 1.807) is 12.1 Å². The first kappa shape index (κ1) is 14.1. The molecule has 2 aromatic rings. The van der Waals surface area contributed by atoms with Gasteiger partial charge in [-0.15, -0.1) is 0 Å². The number of imide groups is 1. The molecular formula is C14H13ClN2O3. The molecule has 20 heavy (non-hydrogen) atoms. The highest BCUT2D eigenvalue weighted by Gasteiger charge is 2.17. The minimum Gasteiger partial charge on any atom is -0.480 e. The summed E-state index contributed by atoms with van der Waals surface area (Å²) in [6.45, 7) is 1.53. The molecule has 3 N–H and O–H groups in total. The normalized spacial score (nSPS) is 11.9. The Hall–Kier alpha value is -2.27. The summed E-state index contributed by atoms with van der Waals surface area (Å²) in [6.07, 6.45) is -0.855. The summed E-state index contributed by atoms with van der Waals surface area (Å²) < 4.78 is 5.57. The molecule has 3 amide bonds. The lowest BCUT2D eigenvalue weighted by atomic mass is 10.1. The standard InChI is InChI=1S/C14H13ClN2O3/c1-8(13(18)17-14(16)19)20-12-7-6-11(15)9-4-2-3-5-10(9)12/h2-8H,1H3,(H3,16,17,18,19)/t8-/m1/s1. The van der Waals surface area contributed by atoms with E-state index in [9.17, 15) is 9.59 Å². The zero-order chi connectivity index (χ0) is 14.7. The Bertz CT molecular complexity index is 673. The van der Waals surface area contributed by atoms with Gasteiger partial charge in [-0.1, -0.05) is 35.9 Å². The van der Waals surface area contributed by atoms with E-state index in [0.29, 0.717) is 10.8 Å². The highest BCUT2D eigenvalue weighted by Crippen LogP contribution is 2.31. The number of hydrogen-bond acceptors (Lipinski definition) is 3. The fourth-order valence-corrected chi connectivity index (χ4v) is 2.03. The summed E-state index contributed by atoms with van der Waals surface area (Å²) in [5.74, 6) is -0.0892. The molecule has 0 heterocycles. The van der Waals surface area contributed by atoms with Gasteiger partial charge >= 0.3 is 6.03 Å². The van der Waals surface area contributed by atoms with Crippen molar-refractivity contribution in [3.8, 4) is 5.75 Å². The van der Waals surface area contributed by atoms with Gasteiger partial charge in [0, 0.05) is 15.8 Å². The van der Waals surface area contributed by atoms with Gasteiger partial charge in [-0.05, 0) is 19.1 Å². The zero-order valence-corrected chi connectivity index (χ0v) is 11.5. The summed E-state index contributed by atoms with van der Waals surface area (Å²) >= 11 is 6.10. The van der Waals surface area contributed by atoms with Crippen LogP contribution in [0.5, 0.6) is 5.75 Å². The van der Waals surface area contributed by atoms with E-state index >= 15 is 0 Å². The van der Waals surface area contributed by atoms with Gasteiger partial charge in [0.2, 0.25) is 0 Å². The molecule has 0 fully saturated rings. The smallest absolute Gasteiger partial charge is 0.318 e. The minimum absolute atomic E-state index is 0.511. The van der Waals surface area contributed by atoms with Crippen LogP contribution in [0, 0.1) is 0 Å². The lowest BCUT2D eigenvalue weighted by Gasteiger charge is -2.15. The second-order valence-electron chi connectivity index (χ2n) is 4.20. The Morgan fingerprint density at radius 2 is 1.85 bits per heavy atom. The predicted molar refractivity (Wildman–Crippen MR) is 76.8 cm³/mol. The van der Waals surface area contributed by atoms with E-state index < -0.39 is 18.0 Å². The Kier molecular flexibility index (Phi) is 4.10. The lowest BCUT2D eigenvalue weighted by Crippen LogP contribution is -2.42. The molecule has 2 aromatic carbocycles. The van der Waals surface area contributed by atoms with E-state index in [-0.39, 0.29) is 0 Å². The highest BCUT2D eigenvalue weighted by atomic mass is 35.5. The molecule has 0 aliphatic rings. The third-order valence-electron chi connectivity index (χ3n) is 2.75. The van der Waals surface area contributed by atoms with Gasteiger partial charge in [0.1, 0.15) is 5.75 Å². The van der Waals surface area contributed by atoms with Crippen molar-refractivity contribution in [1.29, 1.82) is 0 Å². The maximum Gasteiger partial charge on any atom is 0.318 e. The number of urea groups is 1. The van der Waals surface area contributed by atoms with Crippen molar-refractivity contribution in [1.82, 2.24) is 5.32 Å². The number of halogens is 1. The molecule has 2 rings (SSSR count). The fraction of sp³-hybridized carbons (Fsp3) is 0.143. The van der Waals surface area contributed by atoms with Gasteiger partial charge in [-0.25, -0.2) is 4.79 Å². The summed E-state index contributed by atoms with van der Waals surface area (Å²) in [5.41, 5.74) is 4.89. The second-order valence-corrected chi connectivity index (χ2v) is 4.61. The zero-order valence-electron chi connectivity index (χ0n) is 10.7. The van der Waals surface area contributed by atoms with Crippen molar-refractivity contribution in [2.75, 3.05) is 0 Å². The van der Waals surface area contributed by atoms with Crippen LogP contribution in [0.3, 0.4) is 0 Å². The first-order valence-corrected chi connectivity index (χ1v) is 6.31. The van der Waals surface area contributed by atoms with Crippen LogP contribution in [0.15, 0.2) is 36.4 Å². The first-order valence-electron chi connectivity index (χ1n) is 5.93. The van der Waals surface area contributed by atoms with Gasteiger partial charge in [-0.2, -0.15) is 0 Å². The van der Waals surface area contributed by atoms with Crippen molar-refractivity contribution >= 4 is 34.3 Å². The van der Waals surface area contributed by atoms with E-state index in [4.69, 9.17) is 22.1 Å². The van der Waals surface area contributed by atoms with Crippen LogP contribution in [-0.2, 0) is 4.79 Å². The molecule has 1 atom stereocenters. The number of rotatable bonds is 3. The average Bonchev–Trinajstić information content (AvgIpc) is 2.41. The molecule has 0 bridgehead atoms. The Balaban J connectivity index is 2.28. The summed E-state index contributed by atoms with van der Waals surface area (Å²) in [4.78, 5) is 22.2. The van der Waals surface area contributed by atoms with Gasteiger partial charge in [0.15, 0.2) is 6.10 Å². The number of primary amides is 1. The van der Waals surface area contributed by atoms with E-state index in [1.165, 1.54) is 6.92 Å². The number of hydrogen-bond donors (Lipinski definition) is 2. The molecular weight excluding hydrogens is 280 g/mol. The van der Waals surface area contributed by atoms with Crippen molar-refractivity contribution in [3.63, 3.8) is 0 Å². The quantitative estimate of drug-likeness (QED) is 0.911. The molecule has 0 aliphatic carbocycles. The number of nitrogens with one attached hydrogen (secondary N) is 1. The fourth-order valence-electron chi connectivity index (χ4n) is 1.80. The van der Waals surface area contributed by atoms with Crippen LogP contribution in [-0.4, -0.2) is 18.0 Å². The van der Waals surface area contributed by atoms with Crippen molar-refractivity contribution in [2.45, 2.75) is 13.0 Å². The summed E-state index contributed by atoms with van der Waals surface area (Å²) in [7, 11) is 0. The monoisotopic (exact) mass is 292 g/mol. The van der Waals surface area contributed by atoms with Gasteiger partial charge in [0.25, 0.3) is 5.91 Å². The topological polar surface area (TPSA) is 81.4 Å². The van der Waals surface area contributed by atoms with Crippen LogP contribution in [0.25, 0.3) is 10.8 Å². The minimum atomic E-state index is -0.911. The van der Waals surface area contributed by atoms with Crippen LogP contribution >= 0.6 is 11.6 Å². The third kappa shape index (κ3) is 3.00. The summed E-state index contributed by atoms with van der Waals surface area (Å²) in [5, 5.41) is 4.19. The molecule has 0 saturated carbocycles. The maximum absolute atomic E-state index is 11.6. The van der Waals surface area contributed by atoms with E-state index in [2.05, 4.69) is 0 Å². The largest absolute Gasteiger partial charge is 0.480 e. The number of ether oxygens (including phenoxy) is 1. The number of carbonyl (C=O) groups excluding carboxylic acids is 2. The van der Waals surface area contributed by atoms with E-state index in [1.807, 2.05) is 29.6 Å². The Labute approximate surface area is 120 Å². The van der Waals surface area contributed by atoms with Crippen LogP contribution in [0.1, 0.15) is 6.92 Å². The average molecular weight is 293 g/mol. The second kappa shape index (κ2) is 5.79. The first-order chi connectivity index (χ1) is 9.49. The van der Waals surface area contributed by atoms with Crippen molar-refractivity contribution in [2.24, 2.45) is 5.73 Å². The lowest BCUT2D eigenvalue weighted by molar-refractivity contribution is -0.126. The van der Waals surface area contributed by atoms with Crippen LogP contribution < -0.4 is 15.8 Å². The molecule has 0 saturated heterocycles. The number of amides is 3. The SMILES string of the molecule is C[C@@H](Oc1ccc(Cl)c2ccccc12)C(=O)NC(N)=O. The molecule has 0 radical (unpaired) electrons. The summed E-state index contributed by atoms with van der Waals surface area (Å²) in [6, 6.07) is 9.87. The number of fused-ring (bicyclic) bond motifs is 1. The number of benzene rings is 2. The molecule has 5 nitrogen and oxygen atoms in total. The predicted octanol–water partition coefficient (Wildman–Crippen LogP) is 2.46. The molecule has 6 heteroatoms. The number of carbonyl (C=O) groups is 2. The third-order valence-corrected chi connectivity index (χ3v) is 3.08.